The lowest BCUT2D eigenvalue weighted by atomic mass is 10.0. The standard InChI is InChI=1S/C34H31N3.C8H14.C6H10.C2H6/c1-4-9-25(5-2)27-16-20-30(21-17-27)33-35-32(29-14-12-24(3)13-15-29)36-34(37-33)31-22-18-28(19-23-31)26-10-7-6-8-11-26;1-4-5-6-7-8(2)3;1-4-5-6(2)3;1-2/h4-23,33H,1-3H3,(H,35,36,37);5-7H,4H2,1-3H3;4-5H,2H2,1,3H3;1-2H3/b9-4-,25-5+;6-5-;5-4-;. The van der Waals surface area contributed by atoms with Gasteiger partial charge in [-0.2, -0.15) is 0 Å². The molecule has 1 unspecified atom stereocenters. The fourth-order valence-corrected chi connectivity index (χ4v) is 5.12. The molecule has 0 radical (unpaired) electrons. The van der Waals surface area contributed by atoms with Gasteiger partial charge in [-0.1, -0.05) is 196 Å². The van der Waals surface area contributed by atoms with Gasteiger partial charge in [0.05, 0.1) is 0 Å². The number of nitrogens with one attached hydrogen (secondary N) is 1. The number of rotatable bonds is 9. The molecule has 1 N–H and O–H groups in total. The lowest BCUT2D eigenvalue weighted by Crippen LogP contribution is -2.36. The number of amidine groups is 2. The van der Waals surface area contributed by atoms with Gasteiger partial charge in [0.25, 0.3) is 0 Å². The minimum atomic E-state index is -0.328. The average Bonchev–Trinajstić information content (AvgIpc) is 3.19. The zero-order chi connectivity index (χ0) is 39.0. The third-order valence-electron chi connectivity index (χ3n) is 7.78. The molecular formula is C50H61N3. The van der Waals surface area contributed by atoms with Gasteiger partial charge < -0.3 is 5.32 Å². The highest BCUT2D eigenvalue weighted by Crippen LogP contribution is 2.27. The SMILES string of the molecule is C/C=C\C(=C/C)c1ccc(C2N=C(c3ccc(C)cc3)NC(c3ccc(-c4ccccc4)cc3)=N2)cc1.C=C(C)/C=C\C.CC.CC/C=C\C=C(C)C. The molecule has 3 heteroatoms. The van der Waals surface area contributed by atoms with E-state index in [0.717, 1.165) is 40.4 Å². The van der Waals surface area contributed by atoms with Crippen molar-refractivity contribution in [3.63, 3.8) is 0 Å². The van der Waals surface area contributed by atoms with Crippen LogP contribution >= 0.6 is 0 Å². The Balaban J connectivity index is 0.000000512. The molecule has 1 heterocycles. The normalized spacial score (nSPS) is 13.7. The first-order chi connectivity index (χ1) is 25.7. The summed E-state index contributed by atoms with van der Waals surface area (Å²) in [6, 6.07) is 36.0. The van der Waals surface area contributed by atoms with E-state index in [9.17, 15) is 0 Å². The zero-order valence-electron chi connectivity index (χ0n) is 33.8. The second-order valence-corrected chi connectivity index (χ2v) is 12.6. The summed E-state index contributed by atoms with van der Waals surface area (Å²) in [5.41, 5.74) is 11.6. The molecule has 1 atom stereocenters. The average molecular weight is 704 g/mol. The van der Waals surface area contributed by atoms with Crippen LogP contribution in [0.15, 0.2) is 179 Å². The number of hydrogen-bond acceptors (Lipinski definition) is 3. The molecule has 53 heavy (non-hydrogen) atoms. The summed E-state index contributed by atoms with van der Waals surface area (Å²) in [7, 11) is 0. The van der Waals surface area contributed by atoms with Gasteiger partial charge in [-0.05, 0) is 82.7 Å². The first-order valence-corrected chi connectivity index (χ1v) is 18.8. The van der Waals surface area contributed by atoms with Crippen molar-refractivity contribution in [3.8, 4) is 11.1 Å². The molecule has 0 spiro atoms. The first kappa shape index (κ1) is 43.6. The van der Waals surface area contributed by atoms with Crippen molar-refractivity contribution in [3.05, 3.63) is 197 Å². The predicted molar refractivity (Wildman–Crippen MR) is 237 cm³/mol. The van der Waals surface area contributed by atoms with Crippen molar-refractivity contribution < 1.29 is 0 Å². The van der Waals surface area contributed by atoms with Gasteiger partial charge in [0, 0.05) is 11.1 Å². The molecule has 0 saturated carbocycles. The Morgan fingerprint density at radius 1 is 0.679 bits per heavy atom. The van der Waals surface area contributed by atoms with E-state index in [0.29, 0.717) is 0 Å². The summed E-state index contributed by atoms with van der Waals surface area (Å²) in [4.78, 5) is 10.1. The third kappa shape index (κ3) is 15.3. The van der Waals surface area contributed by atoms with Gasteiger partial charge in [-0.3, -0.25) is 0 Å². The van der Waals surface area contributed by atoms with Crippen LogP contribution in [0.25, 0.3) is 16.7 Å². The van der Waals surface area contributed by atoms with Crippen LogP contribution in [0.1, 0.15) is 103 Å². The first-order valence-electron chi connectivity index (χ1n) is 18.8. The maximum Gasteiger partial charge on any atom is 0.169 e. The van der Waals surface area contributed by atoms with Crippen molar-refractivity contribution in [1.29, 1.82) is 0 Å². The Morgan fingerprint density at radius 3 is 1.64 bits per heavy atom. The van der Waals surface area contributed by atoms with Gasteiger partial charge >= 0.3 is 0 Å². The molecule has 5 rings (SSSR count). The van der Waals surface area contributed by atoms with E-state index in [2.05, 4.69) is 180 Å². The van der Waals surface area contributed by atoms with Gasteiger partial charge in [0.2, 0.25) is 0 Å². The van der Waals surface area contributed by atoms with Crippen LogP contribution in [0.5, 0.6) is 0 Å². The van der Waals surface area contributed by atoms with Crippen LogP contribution in [0.3, 0.4) is 0 Å². The van der Waals surface area contributed by atoms with Crippen molar-refractivity contribution in [2.24, 2.45) is 9.98 Å². The summed E-state index contributed by atoms with van der Waals surface area (Å²) < 4.78 is 0. The monoisotopic (exact) mass is 703 g/mol. The van der Waals surface area contributed by atoms with E-state index in [1.807, 2.05) is 52.8 Å². The molecule has 4 aromatic rings. The summed E-state index contributed by atoms with van der Waals surface area (Å²) in [5, 5.41) is 3.50. The third-order valence-corrected chi connectivity index (χ3v) is 7.78. The predicted octanol–water partition coefficient (Wildman–Crippen LogP) is 14.2. The van der Waals surface area contributed by atoms with Crippen LogP contribution in [0.2, 0.25) is 0 Å². The quantitative estimate of drug-likeness (QED) is 0.173. The van der Waals surface area contributed by atoms with Crippen molar-refractivity contribution in [2.45, 2.75) is 81.8 Å². The highest BCUT2D eigenvalue weighted by atomic mass is 15.2. The van der Waals surface area contributed by atoms with E-state index >= 15 is 0 Å². The van der Waals surface area contributed by atoms with Crippen molar-refractivity contribution >= 4 is 17.2 Å². The molecule has 4 aromatic carbocycles. The largest absolute Gasteiger partial charge is 0.324 e. The van der Waals surface area contributed by atoms with Crippen LogP contribution in [-0.2, 0) is 0 Å². The summed E-state index contributed by atoms with van der Waals surface area (Å²) in [6.07, 6.45) is 17.4. The van der Waals surface area contributed by atoms with E-state index in [-0.39, 0.29) is 6.17 Å². The van der Waals surface area contributed by atoms with Crippen LogP contribution in [0, 0.1) is 6.92 Å². The van der Waals surface area contributed by atoms with Crippen molar-refractivity contribution in [2.75, 3.05) is 0 Å². The Labute approximate surface area is 321 Å². The zero-order valence-corrected chi connectivity index (χ0v) is 33.8. The van der Waals surface area contributed by atoms with Crippen molar-refractivity contribution in [1.82, 2.24) is 5.32 Å². The molecule has 0 fully saturated rings. The highest BCUT2D eigenvalue weighted by Gasteiger charge is 2.21. The van der Waals surface area contributed by atoms with Crippen LogP contribution in [-0.4, -0.2) is 11.7 Å². The van der Waals surface area contributed by atoms with Gasteiger partial charge in [0.1, 0.15) is 11.7 Å². The second-order valence-electron chi connectivity index (χ2n) is 12.6. The summed E-state index contributed by atoms with van der Waals surface area (Å²) in [6.45, 7) is 24.1. The van der Waals surface area contributed by atoms with Gasteiger partial charge in [-0.25, -0.2) is 9.98 Å². The summed E-state index contributed by atoms with van der Waals surface area (Å²) in [5.74, 6) is 1.65. The van der Waals surface area contributed by atoms with E-state index in [1.54, 1.807) is 0 Å². The smallest absolute Gasteiger partial charge is 0.169 e. The fraction of sp³-hybridized carbons (Fsp3) is 0.240. The molecule has 0 aromatic heterocycles. The van der Waals surface area contributed by atoms with Crippen LogP contribution < -0.4 is 5.32 Å². The number of allylic oxidation sites excluding steroid dienone is 11. The number of benzene rings is 4. The Hall–Kier alpha value is -5.54. The number of hydrogen-bond donors (Lipinski definition) is 1. The molecule has 1 aliphatic heterocycles. The number of nitrogens with zero attached hydrogens (tertiary/aromatic N) is 2. The maximum absolute atomic E-state index is 5.04. The Bertz CT molecular complexity index is 1870. The highest BCUT2D eigenvalue weighted by molar-refractivity contribution is 6.16. The summed E-state index contributed by atoms with van der Waals surface area (Å²) >= 11 is 0. The van der Waals surface area contributed by atoms with E-state index in [4.69, 9.17) is 9.98 Å². The molecule has 1 aliphatic rings. The van der Waals surface area contributed by atoms with E-state index in [1.165, 1.54) is 33.4 Å². The molecule has 0 amide bonds. The Kier molecular flexibility index (Phi) is 20.3. The minimum Gasteiger partial charge on any atom is -0.324 e. The lowest BCUT2D eigenvalue weighted by Gasteiger charge is -2.22. The fourth-order valence-electron chi connectivity index (χ4n) is 5.12. The van der Waals surface area contributed by atoms with Gasteiger partial charge in [-0.15, -0.1) is 0 Å². The molecule has 276 valence electrons. The molecule has 0 aliphatic carbocycles. The molecule has 0 saturated heterocycles. The topological polar surface area (TPSA) is 36.8 Å². The minimum absolute atomic E-state index is 0.328. The van der Waals surface area contributed by atoms with Crippen LogP contribution in [0.4, 0.5) is 0 Å². The number of aryl methyl sites for hydroxylation is 1. The van der Waals surface area contributed by atoms with Gasteiger partial charge in [0.15, 0.2) is 6.17 Å². The Morgan fingerprint density at radius 2 is 1.19 bits per heavy atom. The lowest BCUT2D eigenvalue weighted by molar-refractivity contribution is 0.755. The van der Waals surface area contributed by atoms with E-state index < -0.39 is 0 Å². The molecule has 0 bridgehead atoms. The molecule has 3 nitrogen and oxygen atoms in total. The second kappa shape index (κ2) is 24.6. The number of aliphatic imine (C=N–C) groups is 2. The molecular weight excluding hydrogens is 643 g/mol. The maximum atomic E-state index is 5.04.